The molecule has 3 fully saturated rings. The van der Waals surface area contributed by atoms with Crippen LogP contribution in [0.1, 0.15) is 39.0 Å². The minimum Gasteiger partial charge on any atom is -0.376 e. The Morgan fingerprint density at radius 2 is 1.89 bits per heavy atom. The van der Waals surface area contributed by atoms with Crippen molar-refractivity contribution < 1.29 is 14.2 Å². The van der Waals surface area contributed by atoms with Gasteiger partial charge in [0, 0.05) is 39.3 Å². The van der Waals surface area contributed by atoms with E-state index in [4.69, 9.17) is 19.2 Å². The van der Waals surface area contributed by atoms with Gasteiger partial charge in [-0.25, -0.2) is 0 Å². The first kappa shape index (κ1) is 20.8. The third-order valence-corrected chi connectivity index (χ3v) is 5.65. The number of likely N-dealkylation sites (N-methyl/N-ethyl adjacent to an activating group) is 1. The second-order valence-electron chi connectivity index (χ2n) is 7.96. The molecule has 0 aromatic heterocycles. The molecule has 1 N–H and O–H groups in total. The van der Waals surface area contributed by atoms with Gasteiger partial charge in [-0.1, -0.05) is 0 Å². The van der Waals surface area contributed by atoms with E-state index in [0.717, 1.165) is 84.3 Å². The molecule has 3 saturated heterocycles. The number of likely N-dealkylation sites (tertiary alicyclic amines) is 1. The van der Waals surface area contributed by atoms with Crippen molar-refractivity contribution in [1.82, 2.24) is 15.1 Å². The van der Waals surface area contributed by atoms with Gasteiger partial charge in [0.15, 0.2) is 5.96 Å². The molecular weight excluding hydrogens is 344 g/mol. The summed E-state index contributed by atoms with van der Waals surface area (Å²) in [6, 6.07) is 0. The minimum absolute atomic E-state index is 0.203. The molecule has 2 unspecified atom stereocenters. The largest absolute Gasteiger partial charge is 0.376 e. The first-order chi connectivity index (χ1) is 13.2. The molecule has 0 bridgehead atoms. The summed E-state index contributed by atoms with van der Waals surface area (Å²) in [5, 5.41) is 3.45. The lowest BCUT2D eigenvalue weighted by atomic mass is 10.1. The van der Waals surface area contributed by atoms with E-state index in [1.54, 1.807) is 0 Å². The maximum absolute atomic E-state index is 6.14. The molecule has 7 heteroatoms. The molecule has 0 amide bonds. The van der Waals surface area contributed by atoms with Crippen LogP contribution in [0.2, 0.25) is 0 Å². The zero-order chi connectivity index (χ0) is 18.9. The van der Waals surface area contributed by atoms with E-state index in [1.165, 1.54) is 12.8 Å². The van der Waals surface area contributed by atoms with Crippen molar-refractivity contribution in [2.24, 2.45) is 4.99 Å². The van der Waals surface area contributed by atoms with E-state index < -0.39 is 0 Å². The lowest BCUT2D eigenvalue weighted by Crippen LogP contribution is -2.48. The topological polar surface area (TPSA) is 58.6 Å². The van der Waals surface area contributed by atoms with Crippen molar-refractivity contribution in [3.63, 3.8) is 0 Å². The summed E-state index contributed by atoms with van der Waals surface area (Å²) in [4.78, 5) is 9.54. The molecule has 156 valence electrons. The van der Waals surface area contributed by atoms with Crippen molar-refractivity contribution in [3.05, 3.63) is 0 Å². The van der Waals surface area contributed by atoms with E-state index >= 15 is 0 Å². The molecule has 3 aliphatic rings. The van der Waals surface area contributed by atoms with Crippen LogP contribution >= 0.6 is 0 Å². The van der Waals surface area contributed by atoms with Crippen LogP contribution in [0.25, 0.3) is 0 Å². The average molecular weight is 383 g/mol. The SMILES string of the molecule is CCNC(=NCC1CN(C)CCO1)N1CCC(OCC2CCCCO2)CC1. The van der Waals surface area contributed by atoms with Gasteiger partial charge < -0.3 is 29.3 Å². The maximum Gasteiger partial charge on any atom is 0.194 e. The molecule has 0 aromatic rings. The smallest absolute Gasteiger partial charge is 0.194 e. The highest BCUT2D eigenvalue weighted by Gasteiger charge is 2.24. The van der Waals surface area contributed by atoms with Crippen LogP contribution in [-0.2, 0) is 14.2 Å². The van der Waals surface area contributed by atoms with Crippen molar-refractivity contribution in [2.45, 2.75) is 57.3 Å². The van der Waals surface area contributed by atoms with Gasteiger partial charge in [-0.2, -0.15) is 0 Å². The monoisotopic (exact) mass is 382 g/mol. The number of nitrogens with one attached hydrogen (secondary N) is 1. The lowest BCUT2D eigenvalue weighted by molar-refractivity contribution is -0.0721. The zero-order valence-corrected chi connectivity index (χ0v) is 17.2. The summed E-state index contributed by atoms with van der Waals surface area (Å²) in [5.74, 6) is 1.02. The summed E-state index contributed by atoms with van der Waals surface area (Å²) < 4.78 is 17.8. The van der Waals surface area contributed by atoms with E-state index in [2.05, 4.69) is 29.1 Å². The molecule has 2 atom stereocenters. The molecule has 27 heavy (non-hydrogen) atoms. The number of guanidine groups is 1. The molecular formula is C20H38N4O3. The Morgan fingerprint density at radius 3 is 2.59 bits per heavy atom. The second-order valence-corrected chi connectivity index (χ2v) is 7.96. The van der Waals surface area contributed by atoms with Crippen LogP contribution in [0.3, 0.4) is 0 Å². The number of rotatable bonds is 6. The zero-order valence-electron chi connectivity index (χ0n) is 17.2. The lowest BCUT2D eigenvalue weighted by Gasteiger charge is -2.35. The van der Waals surface area contributed by atoms with Crippen LogP contribution in [0.4, 0.5) is 0 Å². The molecule has 3 aliphatic heterocycles. The Hall–Kier alpha value is -0.890. The van der Waals surface area contributed by atoms with Crippen LogP contribution < -0.4 is 5.32 Å². The van der Waals surface area contributed by atoms with E-state index in [0.29, 0.717) is 12.2 Å². The van der Waals surface area contributed by atoms with Gasteiger partial charge in [0.25, 0.3) is 0 Å². The predicted molar refractivity (Wildman–Crippen MR) is 107 cm³/mol. The Bertz CT molecular complexity index is 449. The van der Waals surface area contributed by atoms with E-state index in [1.807, 2.05) is 0 Å². The third-order valence-electron chi connectivity index (χ3n) is 5.65. The number of hydrogen-bond donors (Lipinski definition) is 1. The van der Waals surface area contributed by atoms with Crippen LogP contribution in [0.15, 0.2) is 4.99 Å². The fraction of sp³-hybridized carbons (Fsp3) is 0.950. The van der Waals surface area contributed by atoms with Gasteiger partial charge in [0.1, 0.15) is 0 Å². The highest BCUT2D eigenvalue weighted by atomic mass is 16.5. The Kier molecular flexibility index (Phi) is 8.64. The molecule has 0 aromatic carbocycles. The standard InChI is InChI=1S/C20H38N4O3/c1-3-21-20(22-14-19-15-23(2)11-13-26-19)24-9-7-17(8-10-24)27-16-18-6-4-5-12-25-18/h17-19H,3-16H2,1-2H3,(H,21,22). The van der Waals surface area contributed by atoms with Gasteiger partial charge >= 0.3 is 0 Å². The average Bonchev–Trinajstić information content (AvgIpc) is 2.71. The summed E-state index contributed by atoms with van der Waals surface area (Å²) in [7, 11) is 2.15. The third kappa shape index (κ3) is 6.89. The molecule has 0 spiro atoms. The fourth-order valence-electron chi connectivity index (χ4n) is 4.01. The first-order valence-electron chi connectivity index (χ1n) is 10.8. The van der Waals surface area contributed by atoms with Crippen molar-refractivity contribution in [3.8, 4) is 0 Å². The highest BCUT2D eigenvalue weighted by molar-refractivity contribution is 5.80. The van der Waals surface area contributed by atoms with E-state index in [9.17, 15) is 0 Å². The molecule has 0 aliphatic carbocycles. The summed E-state index contributed by atoms with van der Waals surface area (Å²) in [5.41, 5.74) is 0. The molecule has 3 rings (SSSR count). The van der Waals surface area contributed by atoms with Crippen molar-refractivity contribution >= 4 is 5.96 Å². The minimum atomic E-state index is 0.203. The Morgan fingerprint density at radius 1 is 1.07 bits per heavy atom. The number of piperidine rings is 1. The van der Waals surface area contributed by atoms with Crippen LogP contribution in [0, 0.1) is 0 Å². The Labute approximate surface area is 164 Å². The van der Waals surface area contributed by atoms with Crippen LogP contribution in [0.5, 0.6) is 0 Å². The predicted octanol–water partition coefficient (Wildman–Crippen LogP) is 1.33. The molecule has 0 radical (unpaired) electrons. The number of morpholine rings is 1. The van der Waals surface area contributed by atoms with Gasteiger partial charge in [-0.3, -0.25) is 4.99 Å². The van der Waals surface area contributed by atoms with Gasteiger partial charge in [-0.05, 0) is 46.1 Å². The number of ether oxygens (including phenoxy) is 3. The fourth-order valence-corrected chi connectivity index (χ4v) is 4.01. The normalized spacial score (nSPS) is 29.1. The van der Waals surface area contributed by atoms with Gasteiger partial charge in [0.2, 0.25) is 0 Å². The first-order valence-corrected chi connectivity index (χ1v) is 10.8. The second kappa shape index (κ2) is 11.2. The molecule has 0 saturated carbocycles. The summed E-state index contributed by atoms with van der Waals surface area (Å²) in [6.45, 7) is 10.2. The number of hydrogen-bond acceptors (Lipinski definition) is 5. The summed E-state index contributed by atoms with van der Waals surface area (Å²) in [6.07, 6.45) is 6.59. The number of aliphatic imine (C=N–C) groups is 1. The highest BCUT2D eigenvalue weighted by Crippen LogP contribution is 2.18. The molecule has 7 nitrogen and oxygen atoms in total. The maximum atomic E-state index is 6.14. The number of nitrogens with zero attached hydrogens (tertiary/aromatic N) is 3. The van der Waals surface area contributed by atoms with Gasteiger partial charge in [-0.15, -0.1) is 0 Å². The molecule has 3 heterocycles. The van der Waals surface area contributed by atoms with E-state index in [-0.39, 0.29) is 6.10 Å². The van der Waals surface area contributed by atoms with Crippen molar-refractivity contribution in [2.75, 3.05) is 66.1 Å². The quantitative estimate of drug-likeness (QED) is 0.553. The van der Waals surface area contributed by atoms with Crippen molar-refractivity contribution in [1.29, 1.82) is 0 Å². The Balaban J connectivity index is 1.41. The van der Waals surface area contributed by atoms with Crippen LogP contribution in [-0.4, -0.2) is 100 Å². The summed E-state index contributed by atoms with van der Waals surface area (Å²) >= 11 is 0. The van der Waals surface area contributed by atoms with Gasteiger partial charge in [0.05, 0.1) is 38.1 Å².